The van der Waals surface area contributed by atoms with Crippen molar-refractivity contribution in [1.82, 2.24) is 39.3 Å². The monoisotopic (exact) mass is 452 g/mol. The Kier molecular flexibility index (Phi) is 5.14. The van der Waals surface area contributed by atoms with Crippen LogP contribution >= 0.6 is 0 Å². The number of anilines is 2. The normalized spacial score (nSPS) is 19.0. The number of hydrogen-bond acceptors (Lipinski definition) is 8. The van der Waals surface area contributed by atoms with Crippen LogP contribution in [0.1, 0.15) is 20.3 Å². The van der Waals surface area contributed by atoms with Gasteiger partial charge in [-0.2, -0.15) is 20.2 Å². The second-order valence-corrected chi connectivity index (χ2v) is 8.62. The van der Waals surface area contributed by atoms with Gasteiger partial charge in [-0.3, -0.25) is 9.59 Å². The predicted octanol–water partition coefficient (Wildman–Crippen LogP) is 0.0783. The van der Waals surface area contributed by atoms with Crippen molar-refractivity contribution in [2.24, 2.45) is 0 Å². The summed E-state index contributed by atoms with van der Waals surface area (Å²) in [4.78, 5) is 42.8. The van der Waals surface area contributed by atoms with Crippen LogP contribution in [0.4, 0.5) is 11.9 Å². The SMILES string of the molecule is CC1=C(C(=O)N2CCCN(C(=O)C3=C(C)N(C)c4ncnn4C3)CC2)Cn2ncnc2N1C. The van der Waals surface area contributed by atoms with Crippen molar-refractivity contribution >= 4 is 23.7 Å². The van der Waals surface area contributed by atoms with Gasteiger partial charge in [-0.25, -0.2) is 9.36 Å². The molecule has 3 aliphatic rings. The molecule has 0 bridgehead atoms. The van der Waals surface area contributed by atoms with E-state index in [1.165, 1.54) is 12.7 Å². The lowest BCUT2D eigenvalue weighted by molar-refractivity contribution is -0.129. The Morgan fingerprint density at radius 2 is 1.15 bits per heavy atom. The third-order valence-electron chi connectivity index (χ3n) is 6.87. The summed E-state index contributed by atoms with van der Waals surface area (Å²) in [5.74, 6) is 1.45. The van der Waals surface area contributed by atoms with Gasteiger partial charge in [0.25, 0.3) is 11.8 Å². The molecule has 3 aliphatic heterocycles. The number of fused-ring (bicyclic) bond motifs is 2. The number of carbonyl (C=O) groups is 2. The molecule has 0 aromatic carbocycles. The highest BCUT2D eigenvalue weighted by Crippen LogP contribution is 2.27. The highest BCUT2D eigenvalue weighted by Gasteiger charge is 2.32. The molecule has 12 heteroatoms. The lowest BCUT2D eigenvalue weighted by Crippen LogP contribution is -2.42. The maximum absolute atomic E-state index is 13.4. The lowest BCUT2D eigenvalue weighted by Gasteiger charge is -2.31. The first-order valence-corrected chi connectivity index (χ1v) is 11.1. The maximum atomic E-state index is 13.4. The summed E-state index contributed by atoms with van der Waals surface area (Å²) in [6, 6.07) is 0. The Morgan fingerprint density at radius 1 is 0.727 bits per heavy atom. The van der Waals surface area contributed by atoms with E-state index in [4.69, 9.17) is 0 Å². The first-order chi connectivity index (χ1) is 15.9. The average Bonchev–Trinajstić information content (AvgIpc) is 3.41. The summed E-state index contributed by atoms with van der Waals surface area (Å²) in [6.07, 6.45) is 3.73. The Hall–Kier alpha value is -3.70. The van der Waals surface area contributed by atoms with Crippen LogP contribution in [0.3, 0.4) is 0 Å². The van der Waals surface area contributed by atoms with E-state index in [2.05, 4.69) is 20.2 Å². The Morgan fingerprint density at radius 3 is 1.58 bits per heavy atom. The first kappa shape index (κ1) is 21.2. The second-order valence-electron chi connectivity index (χ2n) is 8.62. The summed E-state index contributed by atoms with van der Waals surface area (Å²) < 4.78 is 3.47. The van der Waals surface area contributed by atoms with E-state index in [1.807, 2.05) is 47.5 Å². The van der Waals surface area contributed by atoms with E-state index in [1.54, 1.807) is 9.36 Å². The van der Waals surface area contributed by atoms with Crippen molar-refractivity contribution in [2.75, 3.05) is 50.1 Å². The molecule has 0 spiro atoms. The summed E-state index contributed by atoms with van der Waals surface area (Å²) in [6.45, 7) is 6.89. The van der Waals surface area contributed by atoms with Crippen LogP contribution in [0.5, 0.6) is 0 Å². The zero-order valence-corrected chi connectivity index (χ0v) is 19.4. The number of nitrogens with zero attached hydrogens (tertiary/aromatic N) is 10. The van der Waals surface area contributed by atoms with E-state index in [-0.39, 0.29) is 11.8 Å². The summed E-state index contributed by atoms with van der Waals surface area (Å²) in [5.41, 5.74) is 3.18. The molecule has 0 aliphatic carbocycles. The third kappa shape index (κ3) is 3.45. The zero-order valence-electron chi connectivity index (χ0n) is 19.4. The summed E-state index contributed by atoms with van der Waals surface area (Å²) >= 11 is 0. The first-order valence-electron chi connectivity index (χ1n) is 11.1. The number of allylic oxidation sites excluding steroid dienone is 2. The van der Waals surface area contributed by atoms with E-state index < -0.39 is 0 Å². The van der Waals surface area contributed by atoms with Crippen LogP contribution in [-0.2, 0) is 22.7 Å². The van der Waals surface area contributed by atoms with Crippen LogP contribution in [0.2, 0.25) is 0 Å². The number of hydrogen-bond donors (Lipinski definition) is 0. The van der Waals surface area contributed by atoms with Crippen molar-refractivity contribution < 1.29 is 9.59 Å². The summed E-state index contributed by atoms with van der Waals surface area (Å²) in [5, 5.41) is 8.47. The van der Waals surface area contributed by atoms with Crippen LogP contribution in [0, 0.1) is 0 Å². The molecule has 0 atom stereocenters. The average molecular weight is 453 g/mol. The third-order valence-corrected chi connectivity index (χ3v) is 6.87. The largest absolute Gasteiger partial charge is 0.337 e. The van der Waals surface area contributed by atoms with E-state index in [9.17, 15) is 9.59 Å². The van der Waals surface area contributed by atoms with Crippen molar-refractivity contribution in [1.29, 1.82) is 0 Å². The molecule has 33 heavy (non-hydrogen) atoms. The molecule has 174 valence electrons. The molecular weight excluding hydrogens is 424 g/mol. The van der Waals surface area contributed by atoms with Crippen LogP contribution in [0.25, 0.3) is 0 Å². The molecule has 12 nitrogen and oxygen atoms in total. The lowest BCUT2D eigenvalue weighted by atomic mass is 10.1. The molecule has 2 amide bonds. The van der Waals surface area contributed by atoms with E-state index >= 15 is 0 Å². The number of aromatic nitrogens is 6. The molecule has 0 N–H and O–H groups in total. The fourth-order valence-corrected chi connectivity index (χ4v) is 4.64. The fourth-order valence-electron chi connectivity index (χ4n) is 4.64. The van der Waals surface area contributed by atoms with Gasteiger partial charge in [0.05, 0.1) is 24.2 Å². The fraction of sp³-hybridized carbons (Fsp3) is 0.524. The molecule has 2 aromatic heterocycles. The van der Waals surface area contributed by atoms with Crippen LogP contribution in [0.15, 0.2) is 35.2 Å². The maximum Gasteiger partial charge on any atom is 0.253 e. The van der Waals surface area contributed by atoms with Gasteiger partial charge in [0.15, 0.2) is 0 Å². The minimum Gasteiger partial charge on any atom is -0.337 e. The van der Waals surface area contributed by atoms with Gasteiger partial charge in [0, 0.05) is 51.7 Å². The molecule has 0 saturated carbocycles. The molecule has 1 saturated heterocycles. The minimum atomic E-state index is -0.00477. The molecule has 0 unspecified atom stereocenters. The topological polar surface area (TPSA) is 109 Å². The highest BCUT2D eigenvalue weighted by atomic mass is 16.2. The van der Waals surface area contributed by atoms with Gasteiger partial charge in [0.1, 0.15) is 12.7 Å². The molecule has 0 radical (unpaired) electrons. The van der Waals surface area contributed by atoms with Crippen molar-refractivity contribution in [3.05, 3.63) is 35.2 Å². The van der Waals surface area contributed by atoms with Crippen molar-refractivity contribution in [3.63, 3.8) is 0 Å². The Balaban J connectivity index is 1.29. The second kappa shape index (κ2) is 8.01. The predicted molar refractivity (Wildman–Crippen MR) is 120 cm³/mol. The minimum absolute atomic E-state index is 0.00477. The Bertz CT molecular complexity index is 1090. The number of rotatable bonds is 2. The van der Waals surface area contributed by atoms with Gasteiger partial charge in [-0.05, 0) is 20.3 Å². The number of amides is 2. The molecule has 1 fully saturated rings. The molecule has 2 aromatic rings. The number of carbonyl (C=O) groups excluding carboxylic acids is 2. The van der Waals surface area contributed by atoms with Gasteiger partial charge >= 0.3 is 0 Å². The highest BCUT2D eigenvalue weighted by molar-refractivity contribution is 5.96. The quantitative estimate of drug-likeness (QED) is 0.630. The van der Waals surface area contributed by atoms with Crippen LogP contribution < -0.4 is 9.80 Å². The molecule has 5 rings (SSSR count). The Labute approximate surface area is 191 Å². The molecule has 5 heterocycles. The zero-order chi connectivity index (χ0) is 23.3. The van der Waals surface area contributed by atoms with E-state index in [0.717, 1.165) is 29.7 Å². The van der Waals surface area contributed by atoms with Crippen molar-refractivity contribution in [2.45, 2.75) is 33.4 Å². The van der Waals surface area contributed by atoms with Crippen LogP contribution in [-0.4, -0.2) is 91.4 Å². The summed E-state index contributed by atoms with van der Waals surface area (Å²) in [7, 11) is 3.78. The van der Waals surface area contributed by atoms with Gasteiger partial charge in [-0.1, -0.05) is 0 Å². The van der Waals surface area contributed by atoms with Gasteiger partial charge in [0.2, 0.25) is 11.9 Å². The van der Waals surface area contributed by atoms with E-state index in [0.29, 0.717) is 50.4 Å². The molecular formula is C21H28N10O2. The smallest absolute Gasteiger partial charge is 0.253 e. The van der Waals surface area contributed by atoms with Crippen molar-refractivity contribution in [3.8, 4) is 0 Å². The standard InChI is InChI=1S/C21H28N10O2/c1-14-16(10-30-20(26(14)3)22-12-24-30)18(32)28-6-5-7-29(9-8-28)19(33)17-11-31-21(23-13-25-31)27(4)15(17)2/h12-13H,5-11H2,1-4H3. The van der Waals surface area contributed by atoms with Gasteiger partial charge in [-0.15, -0.1) is 0 Å². The van der Waals surface area contributed by atoms with Gasteiger partial charge < -0.3 is 19.6 Å².